The maximum atomic E-state index is 12.3. The number of hydrogen-bond acceptors (Lipinski definition) is 4. The van der Waals surface area contributed by atoms with E-state index in [1.165, 1.54) is 25.0 Å². The molecule has 3 rings (SSSR count). The van der Waals surface area contributed by atoms with Gasteiger partial charge in [0.05, 0.1) is 0 Å². The zero-order valence-corrected chi connectivity index (χ0v) is 14.9. The van der Waals surface area contributed by atoms with E-state index >= 15 is 0 Å². The monoisotopic (exact) mass is 355 g/mol. The van der Waals surface area contributed by atoms with Crippen LogP contribution >= 0.6 is 36.6 Å². The molecule has 1 N–H and O–H groups in total. The minimum absolute atomic E-state index is 0. The molecule has 1 saturated carbocycles. The average Bonchev–Trinajstić information content (AvgIpc) is 2.39. The van der Waals surface area contributed by atoms with Crippen LogP contribution in [0.25, 0.3) is 0 Å². The Labute approximate surface area is 144 Å². The number of hydrogen-bond donors (Lipinski definition) is 1. The molecule has 124 valence electrons. The number of thioether (sulfide) groups is 1. The van der Waals surface area contributed by atoms with E-state index in [4.69, 9.17) is 0 Å². The van der Waals surface area contributed by atoms with Gasteiger partial charge in [-0.25, -0.2) is 0 Å². The highest BCUT2D eigenvalue weighted by molar-refractivity contribution is 7.99. The summed E-state index contributed by atoms with van der Waals surface area (Å²) >= 11 is 1.97. The highest BCUT2D eigenvalue weighted by Gasteiger charge is 2.30. The summed E-state index contributed by atoms with van der Waals surface area (Å²) in [5.41, 5.74) is 0. The van der Waals surface area contributed by atoms with Gasteiger partial charge in [0.1, 0.15) is 0 Å². The van der Waals surface area contributed by atoms with Gasteiger partial charge in [0.25, 0.3) is 0 Å². The lowest BCUT2D eigenvalue weighted by Crippen LogP contribution is -2.54. The number of rotatable bonds is 3. The van der Waals surface area contributed by atoms with Crippen molar-refractivity contribution in [2.24, 2.45) is 0 Å². The van der Waals surface area contributed by atoms with Crippen LogP contribution in [0.2, 0.25) is 0 Å². The summed E-state index contributed by atoms with van der Waals surface area (Å²) in [4.78, 5) is 16.9. The smallest absolute Gasteiger partial charge is 0.224 e. The maximum absolute atomic E-state index is 12.3. The van der Waals surface area contributed by atoms with Crippen molar-refractivity contribution in [3.63, 3.8) is 0 Å². The lowest BCUT2D eigenvalue weighted by molar-refractivity contribution is -0.134. The van der Waals surface area contributed by atoms with Crippen molar-refractivity contribution in [2.75, 3.05) is 44.2 Å². The van der Waals surface area contributed by atoms with Crippen LogP contribution in [0, 0.1) is 0 Å². The highest BCUT2D eigenvalue weighted by Crippen LogP contribution is 2.25. The van der Waals surface area contributed by atoms with E-state index in [0.717, 1.165) is 44.5 Å². The number of nitrogens with one attached hydrogen (secondary N) is 1. The van der Waals surface area contributed by atoms with Crippen molar-refractivity contribution in [3.8, 4) is 0 Å². The maximum Gasteiger partial charge on any atom is 0.224 e. The van der Waals surface area contributed by atoms with Crippen LogP contribution < -0.4 is 5.32 Å². The fourth-order valence-corrected chi connectivity index (χ4v) is 4.13. The molecule has 1 aliphatic carbocycles. The molecule has 3 aliphatic rings. The second kappa shape index (κ2) is 9.46. The van der Waals surface area contributed by atoms with Crippen molar-refractivity contribution in [1.29, 1.82) is 0 Å². The molecule has 2 heterocycles. The second-order valence-electron chi connectivity index (χ2n) is 5.93. The molecule has 1 amide bonds. The van der Waals surface area contributed by atoms with Crippen molar-refractivity contribution in [2.45, 2.75) is 37.8 Å². The van der Waals surface area contributed by atoms with E-state index in [1.807, 2.05) is 11.8 Å². The second-order valence-corrected chi connectivity index (χ2v) is 7.08. The predicted molar refractivity (Wildman–Crippen MR) is 94.0 cm³/mol. The third kappa shape index (κ3) is 5.17. The topological polar surface area (TPSA) is 35.6 Å². The van der Waals surface area contributed by atoms with Gasteiger partial charge in [-0.3, -0.25) is 9.69 Å². The summed E-state index contributed by atoms with van der Waals surface area (Å²) in [5, 5.41) is 3.46. The van der Waals surface area contributed by atoms with Gasteiger partial charge in [-0.1, -0.05) is 6.42 Å². The van der Waals surface area contributed by atoms with Crippen molar-refractivity contribution in [1.82, 2.24) is 15.1 Å². The largest absolute Gasteiger partial charge is 0.340 e. The van der Waals surface area contributed by atoms with Gasteiger partial charge in [-0.05, 0) is 12.8 Å². The van der Waals surface area contributed by atoms with Gasteiger partial charge in [0, 0.05) is 62.7 Å². The van der Waals surface area contributed by atoms with Crippen LogP contribution in [-0.4, -0.2) is 72.0 Å². The molecule has 1 unspecified atom stereocenters. The molecule has 2 saturated heterocycles. The minimum atomic E-state index is 0. The van der Waals surface area contributed by atoms with E-state index in [1.54, 1.807) is 0 Å². The molecule has 21 heavy (non-hydrogen) atoms. The quantitative estimate of drug-likeness (QED) is 0.834. The van der Waals surface area contributed by atoms with Gasteiger partial charge in [0.15, 0.2) is 0 Å². The number of carbonyl (C=O) groups is 1. The summed E-state index contributed by atoms with van der Waals surface area (Å²) < 4.78 is 0. The molecule has 1 atom stereocenters. The Morgan fingerprint density at radius 2 is 1.86 bits per heavy atom. The first-order chi connectivity index (χ1) is 9.33. The first kappa shape index (κ1) is 19.4. The minimum Gasteiger partial charge on any atom is -0.340 e. The van der Waals surface area contributed by atoms with Crippen LogP contribution in [0.4, 0.5) is 0 Å². The Bertz CT molecular complexity index is 317. The molecule has 0 radical (unpaired) electrons. The van der Waals surface area contributed by atoms with Gasteiger partial charge in [0.2, 0.25) is 5.91 Å². The van der Waals surface area contributed by atoms with Crippen molar-refractivity contribution >= 4 is 42.5 Å². The van der Waals surface area contributed by atoms with Crippen LogP contribution in [0.15, 0.2) is 0 Å². The highest BCUT2D eigenvalue weighted by atomic mass is 35.5. The standard InChI is InChI=1S/C14H25N3OS.2ClH/c18-14(10-12-11-19-9-4-15-12)17-7-5-16(6-8-17)13-2-1-3-13;;/h12-13,15H,1-11H2;2*1H. The molecule has 0 aromatic carbocycles. The first-order valence-corrected chi connectivity index (χ1v) is 8.81. The predicted octanol–water partition coefficient (Wildman–Crippen LogP) is 1.62. The lowest BCUT2D eigenvalue weighted by atomic mass is 9.91. The molecule has 0 aromatic heterocycles. The van der Waals surface area contributed by atoms with Crippen molar-refractivity contribution < 1.29 is 4.79 Å². The summed E-state index contributed by atoms with van der Waals surface area (Å²) in [6, 6.07) is 1.23. The molecule has 0 aromatic rings. The first-order valence-electron chi connectivity index (χ1n) is 7.66. The van der Waals surface area contributed by atoms with Crippen LogP contribution in [0.5, 0.6) is 0 Å². The third-order valence-corrected chi connectivity index (χ3v) is 5.81. The molecular weight excluding hydrogens is 329 g/mol. The van der Waals surface area contributed by atoms with Gasteiger partial charge >= 0.3 is 0 Å². The lowest BCUT2D eigenvalue weighted by Gasteiger charge is -2.43. The number of nitrogens with zero attached hydrogens (tertiary/aromatic N) is 2. The molecule has 4 nitrogen and oxygen atoms in total. The number of amides is 1. The fourth-order valence-electron chi connectivity index (χ4n) is 3.18. The zero-order chi connectivity index (χ0) is 13.1. The van der Waals surface area contributed by atoms with E-state index in [9.17, 15) is 4.79 Å². The van der Waals surface area contributed by atoms with Gasteiger partial charge in [-0.2, -0.15) is 11.8 Å². The molecular formula is C14H27Cl2N3OS. The molecule has 2 aliphatic heterocycles. The molecule has 0 bridgehead atoms. The van der Waals surface area contributed by atoms with E-state index in [-0.39, 0.29) is 24.8 Å². The number of piperazine rings is 1. The number of halogens is 2. The Balaban J connectivity index is 0.00000110. The van der Waals surface area contributed by atoms with Crippen LogP contribution in [0.3, 0.4) is 0 Å². The molecule has 7 heteroatoms. The van der Waals surface area contributed by atoms with Crippen LogP contribution in [-0.2, 0) is 4.79 Å². The normalized spacial score (nSPS) is 27.2. The summed E-state index contributed by atoms with van der Waals surface area (Å²) in [6.07, 6.45) is 4.83. The van der Waals surface area contributed by atoms with Crippen molar-refractivity contribution in [3.05, 3.63) is 0 Å². The Hall–Kier alpha value is 0.320. The SMILES string of the molecule is Cl.Cl.O=C(CC1CSCCN1)N1CCN(C2CCC2)CC1. The van der Waals surface area contributed by atoms with Gasteiger partial charge < -0.3 is 10.2 Å². The Morgan fingerprint density at radius 1 is 1.14 bits per heavy atom. The average molecular weight is 356 g/mol. The Morgan fingerprint density at radius 3 is 2.38 bits per heavy atom. The molecule has 0 spiro atoms. The summed E-state index contributed by atoms with van der Waals surface area (Å²) in [6.45, 7) is 5.11. The van der Waals surface area contributed by atoms with E-state index in [2.05, 4.69) is 15.1 Å². The third-order valence-electron chi connectivity index (χ3n) is 4.68. The summed E-state index contributed by atoms with van der Waals surface area (Å²) in [7, 11) is 0. The zero-order valence-electron chi connectivity index (χ0n) is 12.5. The fraction of sp³-hybridized carbons (Fsp3) is 0.929. The summed E-state index contributed by atoms with van der Waals surface area (Å²) in [5.74, 6) is 2.63. The van der Waals surface area contributed by atoms with Crippen LogP contribution in [0.1, 0.15) is 25.7 Å². The number of carbonyl (C=O) groups excluding carboxylic acids is 1. The van der Waals surface area contributed by atoms with E-state index in [0.29, 0.717) is 18.4 Å². The van der Waals surface area contributed by atoms with Gasteiger partial charge in [-0.15, -0.1) is 24.8 Å². The Kier molecular flexibility index (Phi) is 8.72. The molecule has 3 fully saturated rings. The van der Waals surface area contributed by atoms with E-state index < -0.39 is 0 Å².